The lowest BCUT2D eigenvalue weighted by Gasteiger charge is -2.20. The summed E-state index contributed by atoms with van der Waals surface area (Å²) in [5, 5.41) is 7.04. The highest BCUT2D eigenvalue weighted by Gasteiger charge is 2.31. The fraction of sp³-hybridized carbons (Fsp3) is 0.174. The van der Waals surface area contributed by atoms with Gasteiger partial charge in [0.05, 0.1) is 12.2 Å². The molecule has 0 saturated carbocycles. The van der Waals surface area contributed by atoms with Gasteiger partial charge in [-0.2, -0.15) is 5.10 Å². The van der Waals surface area contributed by atoms with Crippen molar-refractivity contribution in [3.8, 4) is 18.1 Å². The first-order chi connectivity index (χ1) is 14.5. The monoisotopic (exact) mass is 400 g/mol. The maximum Gasteiger partial charge on any atom is 0.272 e. The quantitative estimate of drug-likeness (QED) is 0.681. The second-order valence-corrected chi connectivity index (χ2v) is 6.95. The molecule has 4 rings (SSSR count). The van der Waals surface area contributed by atoms with Crippen molar-refractivity contribution < 1.29 is 14.3 Å². The number of carbonyl (C=O) groups excluding carboxylic acids is 2. The van der Waals surface area contributed by atoms with Crippen LogP contribution >= 0.6 is 0 Å². The highest BCUT2D eigenvalue weighted by Crippen LogP contribution is 2.31. The third-order valence-corrected chi connectivity index (χ3v) is 4.89. The third kappa shape index (κ3) is 3.89. The van der Waals surface area contributed by atoms with E-state index in [2.05, 4.69) is 16.3 Å². The first-order valence-electron chi connectivity index (χ1n) is 9.44. The number of hydrogen-bond acceptors (Lipinski definition) is 4. The Balaban J connectivity index is 1.46. The van der Waals surface area contributed by atoms with Crippen molar-refractivity contribution in [2.75, 3.05) is 18.6 Å². The Kier molecular flexibility index (Phi) is 5.22. The van der Waals surface area contributed by atoms with Crippen LogP contribution in [0.2, 0.25) is 0 Å². The number of hydrogen-bond donors (Lipinski definition) is 1. The molecule has 0 saturated heterocycles. The van der Waals surface area contributed by atoms with E-state index in [1.807, 2.05) is 30.3 Å². The molecule has 7 nitrogen and oxygen atoms in total. The van der Waals surface area contributed by atoms with Gasteiger partial charge in [0.15, 0.2) is 0 Å². The molecule has 0 spiro atoms. The van der Waals surface area contributed by atoms with Gasteiger partial charge in [-0.15, -0.1) is 6.42 Å². The Morgan fingerprint density at radius 2 is 2.07 bits per heavy atom. The summed E-state index contributed by atoms with van der Waals surface area (Å²) >= 11 is 0. The maximum atomic E-state index is 12.9. The van der Waals surface area contributed by atoms with Crippen molar-refractivity contribution in [3.05, 3.63) is 77.6 Å². The van der Waals surface area contributed by atoms with Gasteiger partial charge < -0.3 is 15.0 Å². The smallest absolute Gasteiger partial charge is 0.272 e. The van der Waals surface area contributed by atoms with Crippen molar-refractivity contribution in [1.29, 1.82) is 0 Å². The predicted molar refractivity (Wildman–Crippen MR) is 112 cm³/mol. The number of carbonyl (C=O) groups is 2. The normalized spacial score (nSPS) is 15.5. The third-order valence-electron chi connectivity index (χ3n) is 4.89. The molecule has 0 bridgehead atoms. The Morgan fingerprint density at radius 1 is 1.27 bits per heavy atom. The number of aromatic nitrogens is 2. The largest absolute Gasteiger partial charge is 0.489 e. The number of terminal acetylenes is 1. The zero-order valence-corrected chi connectivity index (χ0v) is 16.4. The van der Waals surface area contributed by atoms with Crippen molar-refractivity contribution in [2.24, 2.45) is 0 Å². The molecule has 1 atom stereocenters. The summed E-state index contributed by atoms with van der Waals surface area (Å²) in [5.41, 5.74) is 2.52. The van der Waals surface area contributed by atoms with Gasteiger partial charge in [0.1, 0.15) is 24.1 Å². The standard InChI is InChI=1S/C23H20N4O3/c1-3-16-9-10-21-20(13-16)26(2)23(29)19(15-30-21)24-22(28)18-11-12-27(25-18)14-17-7-5-4-6-8-17/h1,4-13,19H,14-15H2,2H3,(H,24,28)/t19-/m0/s1. The lowest BCUT2D eigenvalue weighted by molar-refractivity contribution is -0.120. The predicted octanol–water partition coefficient (Wildman–Crippen LogP) is 2.07. The van der Waals surface area contributed by atoms with E-state index in [-0.39, 0.29) is 18.2 Å². The summed E-state index contributed by atoms with van der Waals surface area (Å²) in [5.74, 6) is 2.35. The van der Waals surface area contributed by atoms with E-state index in [0.29, 0.717) is 23.5 Å². The van der Waals surface area contributed by atoms with Crippen LogP contribution in [0, 0.1) is 12.3 Å². The highest BCUT2D eigenvalue weighted by atomic mass is 16.5. The first-order valence-corrected chi connectivity index (χ1v) is 9.44. The molecule has 150 valence electrons. The number of likely N-dealkylation sites (N-methyl/N-ethyl adjacent to an activating group) is 1. The summed E-state index contributed by atoms with van der Waals surface area (Å²) < 4.78 is 7.43. The van der Waals surface area contributed by atoms with Crippen molar-refractivity contribution in [2.45, 2.75) is 12.6 Å². The number of amides is 2. The van der Waals surface area contributed by atoms with E-state index in [1.165, 1.54) is 4.90 Å². The number of rotatable bonds is 4. The number of nitrogens with one attached hydrogen (secondary N) is 1. The molecule has 0 unspecified atom stereocenters. The molecule has 1 aromatic heterocycles. The summed E-state index contributed by atoms with van der Waals surface area (Å²) in [7, 11) is 1.63. The van der Waals surface area contributed by atoms with Crippen LogP contribution in [0.3, 0.4) is 0 Å². The van der Waals surface area contributed by atoms with Gasteiger partial charge in [-0.3, -0.25) is 14.3 Å². The van der Waals surface area contributed by atoms with Gasteiger partial charge in [0.25, 0.3) is 11.8 Å². The summed E-state index contributed by atoms with van der Waals surface area (Å²) in [6.45, 7) is 0.567. The Bertz CT molecular complexity index is 1130. The molecule has 0 radical (unpaired) electrons. The van der Waals surface area contributed by atoms with Crippen molar-refractivity contribution >= 4 is 17.5 Å². The van der Waals surface area contributed by atoms with Crippen LogP contribution in [0.5, 0.6) is 5.75 Å². The lowest BCUT2D eigenvalue weighted by Crippen LogP contribution is -2.49. The van der Waals surface area contributed by atoms with Crippen LogP contribution < -0.4 is 15.0 Å². The average molecular weight is 400 g/mol. The molecule has 0 aliphatic carbocycles. The SMILES string of the molecule is C#Cc1ccc2c(c1)N(C)C(=O)[C@@H](NC(=O)c1ccn(Cc3ccccc3)n1)CO2. The van der Waals surface area contributed by atoms with E-state index in [1.54, 1.807) is 42.2 Å². The number of fused-ring (bicyclic) bond motifs is 1. The minimum atomic E-state index is -0.844. The number of anilines is 1. The molecule has 1 aliphatic rings. The fourth-order valence-electron chi connectivity index (χ4n) is 3.27. The van der Waals surface area contributed by atoms with E-state index in [4.69, 9.17) is 11.2 Å². The summed E-state index contributed by atoms with van der Waals surface area (Å²) in [4.78, 5) is 27.0. The van der Waals surface area contributed by atoms with Crippen LogP contribution in [0.1, 0.15) is 21.6 Å². The molecule has 0 fully saturated rings. The Hall–Kier alpha value is -4.05. The van der Waals surface area contributed by atoms with Crippen molar-refractivity contribution in [3.63, 3.8) is 0 Å². The minimum absolute atomic E-state index is 0.0159. The van der Waals surface area contributed by atoms with Crippen LogP contribution in [0.15, 0.2) is 60.8 Å². The second-order valence-electron chi connectivity index (χ2n) is 6.95. The number of ether oxygens (including phenoxy) is 1. The summed E-state index contributed by atoms with van der Waals surface area (Å²) in [6, 6.07) is 15.8. The van der Waals surface area contributed by atoms with Gasteiger partial charge >= 0.3 is 0 Å². The maximum absolute atomic E-state index is 12.9. The Morgan fingerprint density at radius 3 is 2.83 bits per heavy atom. The summed E-state index contributed by atoms with van der Waals surface area (Å²) in [6.07, 6.45) is 7.18. The van der Waals surface area contributed by atoms with E-state index >= 15 is 0 Å². The van der Waals surface area contributed by atoms with Gasteiger partial charge in [-0.1, -0.05) is 36.3 Å². The second kappa shape index (κ2) is 8.13. The van der Waals surface area contributed by atoms with Crippen LogP contribution in [0.4, 0.5) is 5.69 Å². The van der Waals surface area contributed by atoms with Gasteiger partial charge in [0, 0.05) is 18.8 Å². The van der Waals surface area contributed by atoms with Crippen molar-refractivity contribution in [1.82, 2.24) is 15.1 Å². The molecule has 7 heteroatoms. The number of nitrogens with zero attached hydrogens (tertiary/aromatic N) is 3. The molecule has 3 aromatic rings. The molecule has 2 heterocycles. The van der Waals surface area contributed by atoms with E-state index < -0.39 is 11.9 Å². The molecule has 1 N–H and O–H groups in total. The molecule has 2 aromatic carbocycles. The van der Waals surface area contributed by atoms with Crippen LogP contribution in [-0.2, 0) is 11.3 Å². The molecule has 1 aliphatic heterocycles. The molecular formula is C23H20N4O3. The van der Waals surface area contributed by atoms with Crippen LogP contribution in [-0.4, -0.2) is 41.3 Å². The zero-order chi connectivity index (χ0) is 21.1. The van der Waals surface area contributed by atoms with E-state index in [9.17, 15) is 9.59 Å². The minimum Gasteiger partial charge on any atom is -0.489 e. The van der Waals surface area contributed by atoms with Gasteiger partial charge in [-0.05, 0) is 29.8 Å². The van der Waals surface area contributed by atoms with Gasteiger partial charge in [-0.25, -0.2) is 0 Å². The van der Waals surface area contributed by atoms with E-state index in [0.717, 1.165) is 5.56 Å². The topological polar surface area (TPSA) is 76.5 Å². The van der Waals surface area contributed by atoms with Gasteiger partial charge in [0.2, 0.25) is 0 Å². The van der Waals surface area contributed by atoms with Crippen LogP contribution in [0.25, 0.3) is 0 Å². The molecule has 2 amide bonds. The first kappa shape index (κ1) is 19.3. The average Bonchev–Trinajstić information content (AvgIpc) is 3.20. The molecular weight excluding hydrogens is 380 g/mol. The lowest BCUT2D eigenvalue weighted by atomic mass is 10.1. The molecule has 30 heavy (non-hydrogen) atoms. The fourth-order valence-corrected chi connectivity index (χ4v) is 3.27. The highest BCUT2D eigenvalue weighted by molar-refractivity contribution is 6.02. The number of benzene rings is 2. The Labute approximate surface area is 174 Å². The zero-order valence-electron chi connectivity index (χ0n) is 16.4.